The zero-order chi connectivity index (χ0) is 26.7. The number of likely N-dealkylation sites (tertiary alicyclic amines) is 1. The van der Waals surface area contributed by atoms with Crippen molar-refractivity contribution >= 4 is 11.0 Å². The second-order valence-corrected chi connectivity index (χ2v) is 10.9. The summed E-state index contributed by atoms with van der Waals surface area (Å²) < 4.78 is 45.7. The molecule has 11 heteroatoms. The predicted octanol–water partition coefficient (Wildman–Crippen LogP) is 4.56. The fraction of sp³-hybridized carbons (Fsp3) is 0.481. The average molecular weight is 526 g/mol. The number of nitrogens with one attached hydrogen (secondary N) is 1. The van der Waals surface area contributed by atoms with Gasteiger partial charge < -0.3 is 9.55 Å². The monoisotopic (exact) mass is 525 g/mol. The fourth-order valence-electron chi connectivity index (χ4n) is 6.41. The molecule has 1 saturated heterocycles. The van der Waals surface area contributed by atoms with Crippen molar-refractivity contribution in [2.45, 2.75) is 57.2 Å². The van der Waals surface area contributed by atoms with E-state index in [9.17, 15) is 18.0 Å². The van der Waals surface area contributed by atoms with Crippen LogP contribution in [0.15, 0.2) is 41.7 Å². The highest BCUT2D eigenvalue weighted by atomic mass is 19.4. The number of fused-ring (bicyclic) bond motifs is 1. The second-order valence-electron chi connectivity index (χ2n) is 10.9. The topological polar surface area (TPSA) is 84.6 Å². The van der Waals surface area contributed by atoms with Crippen LogP contribution in [-0.4, -0.2) is 47.3 Å². The summed E-state index contributed by atoms with van der Waals surface area (Å²) in [5, 5.41) is 8.45. The summed E-state index contributed by atoms with van der Waals surface area (Å²) in [6.07, 6.45) is 3.03. The van der Waals surface area contributed by atoms with Gasteiger partial charge in [0.1, 0.15) is 35.1 Å². The molecule has 1 aromatic carbocycles. The van der Waals surface area contributed by atoms with Crippen molar-refractivity contribution in [3.8, 4) is 5.69 Å². The Labute approximate surface area is 217 Å². The molecule has 0 amide bonds. The number of alkyl halides is 3. The number of piperidine rings is 1. The lowest BCUT2D eigenvalue weighted by Crippen LogP contribution is -2.43. The number of rotatable bonds is 5. The lowest BCUT2D eigenvalue weighted by atomic mass is 9.58. The van der Waals surface area contributed by atoms with Crippen molar-refractivity contribution in [2.75, 3.05) is 13.1 Å². The number of halogens is 3. The van der Waals surface area contributed by atoms with E-state index < -0.39 is 17.3 Å². The average Bonchev–Trinajstić information content (AvgIpc) is 3.46. The maximum absolute atomic E-state index is 14.1. The number of nitrogens with zero attached hydrogens (tertiary/aromatic N) is 6. The summed E-state index contributed by atoms with van der Waals surface area (Å²) in [5.74, 6) is 1.37. The standard InChI is InChI=1S/C27H30F3N7O/c1-17-12-26(13-17,25-34-32-16-35(25)2)18-7-6-8-19(11-18)37-15-31-22-21(27(28,29)30)20(33-23(22)24(37)38)14-36-9-4-3-5-10-36/h6-8,11,15-17,33H,3-5,9-10,12-14H2,1-2H3. The van der Waals surface area contributed by atoms with Gasteiger partial charge in [0.25, 0.3) is 5.56 Å². The summed E-state index contributed by atoms with van der Waals surface area (Å²) in [5.41, 5.74) is -0.663. The van der Waals surface area contributed by atoms with Gasteiger partial charge in [-0.05, 0) is 62.4 Å². The van der Waals surface area contributed by atoms with E-state index in [1.165, 1.54) is 10.9 Å². The van der Waals surface area contributed by atoms with Crippen molar-refractivity contribution in [2.24, 2.45) is 13.0 Å². The smallest absolute Gasteiger partial charge is 0.351 e. The minimum atomic E-state index is -4.63. The minimum Gasteiger partial charge on any atom is -0.351 e. The first kappa shape index (κ1) is 24.8. The third kappa shape index (κ3) is 4.03. The lowest BCUT2D eigenvalue weighted by Gasteiger charge is -2.46. The molecule has 0 atom stereocenters. The number of H-pyrrole nitrogens is 1. The third-order valence-corrected chi connectivity index (χ3v) is 8.11. The van der Waals surface area contributed by atoms with Gasteiger partial charge in [0.15, 0.2) is 0 Å². The molecule has 6 rings (SSSR count). The predicted molar refractivity (Wildman–Crippen MR) is 136 cm³/mol. The summed E-state index contributed by atoms with van der Waals surface area (Å²) in [6.45, 7) is 3.77. The van der Waals surface area contributed by atoms with Gasteiger partial charge in [-0.25, -0.2) is 4.98 Å². The number of aromatic amines is 1. The van der Waals surface area contributed by atoms with E-state index >= 15 is 0 Å². The Morgan fingerprint density at radius 3 is 2.55 bits per heavy atom. The van der Waals surface area contributed by atoms with E-state index in [-0.39, 0.29) is 28.7 Å². The number of benzene rings is 1. The quantitative estimate of drug-likeness (QED) is 0.413. The Bertz CT molecular complexity index is 1540. The highest BCUT2D eigenvalue weighted by molar-refractivity contribution is 5.80. The highest BCUT2D eigenvalue weighted by Gasteiger charge is 2.48. The third-order valence-electron chi connectivity index (χ3n) is 8.11. The molecule has 2 fully saturated rings. The molecule has 1 saturated carbocycles. The van der Waals surface area contributed by atoms with Crippen LogP contribution in [0.4, 0.5) is 13.2 Å². The molecule has 200 valence electrons. The van der Waals surface area contributed by atoms with Gasteiger partial charge >= 0.3 is 6.18 Å². The molecule has 38 heavy (non-hydrogen) atoms. The fourth-order valence-corrected chi connectivity index (χ4v) is 6.41. The molecule has 0 spiro atoms. The van der Waals surface area contributed by atoms with Crippen LogP contribution in [0.3, 0.4) is 0 Å². The Balaban J connectivity index is 1.44. The molecular formula is C27H30F3N7O. The summed E-state index contributed by atoms with van der Waals surface area (Å²) in [7, 11) is 1.91. The Kier molecular flexibility index (Phi) is 5.93. The van der Waals surface area contributed by atoms with E-state index in [2.05, 4.69) is 27.1 Å². The van der Waals surface area contributed by atoms with Gasteiger partial charge in [0.2, 0.25) is 0 Å². The molecule has 1 aliphatic heterocycles. The van der Waals surface area contributed by atoms with Crippen LogP contribution in [0, 0.1) is 5.92 Å². The summed E-state index contributed by atoms with van der Waals surface area (Å²) in [4.78, 5) is 22.6. The first-order valence-electron chi connectivity index (χ1n) is 13.0. The van der Waals surface area contributed by atoms with Crippen LogP contribution in [0.25, 0.3) is 16.7 Å². The molecule has 8 nitrogen and oxygen atoms in total. The van der Waals surface area contributed by atoms with Crippen LogP contribution in [-0.2, 0) is 25.2 Å². The van der Waals surface area contributed by atoms with Gasteiger partial charge in [-0.3, -0.25) is 14.3 Å². The zero-order valence-corrected chi connectivity index (χ0v) is 21.4. The Morgan fingerprint density at radius 2 is 1.89 bits per heavy atom. The lowest BCUT2D eigenvalue weighted by molar-refractivity contribution is -0.137. The van der Waals surface area contributed by atoms with Crippen molar-refractivity contribution in [1.82, 2.24) is 34.2 Å². The molecule has 0 radical (unpaired) electrons. The van der Waals surface area contributed by atoms with Crippen molar-refractivity contribution in [3.63, 3.8) is 0 Å². The van der Waals surface area contributed by atoms with Gasteiger partial charge in [-0.15, -0.1) is 10.2 Å². The van der Waals surface area contributed by atoms with E-state index in [1.807, 2.05) is 34.7 Å². The van der Waals surface area contributed by atoms with Crippen molar-refractivity contribution < 1.29 is 13.2 Å². The van der Waals surface area contributed by atoms with Crippen LogP contribution in [0.5, 0.6) is 0 Å². The van der Waals surface area contributed by atoms with Gasteiger partial charge in [-0.2, -0.15) is 13.2 Å². The highest BCUT2D eigenvalue weighted by Crippen LogP contribution is 2.51. The minimum absolute atomic E-state index is 0.00445. The van der Waals surface area contributed by atoms with E-state index in [0.29, 0.717) is 11.6 Å². The van der Waals surface area contributed by atoms with E-state index in [1.54, 1.807) is 12.4 Å². The summed E-state index contributed by atoms with van der Waals surface area (Å²) >= 11 is 0. The maximum Gasteiger partial charge on any atom is 0.420 e. The Morgan fingerprint density at radius 1 is 1.13 bits per heavy atom. The first-order valence-corrected chi connectivity index (χ1v) is 13.0. The van der Waals surface area contributed by atoms with Crippen LogP contribution < -0.4 is 5.56 Å². The maximum atomic E-state index is 14.1. The van der Waals surface area contributed by atoms with Crippen LogP contribution in [0.1, 0.15) is 61.7 Å². The number of aryl methyl sites for hydroxylation is 1. The molecule has 2 aliphatic rings. The number of hydrogen-bond acceptors (Lipinski definition) is 5. The Hall–Kier alpha value is -3.47. The van der Waals surface area contributed by atoms with E-state index in [0.717, 1.165) is 56.6 Å². The number of hydrogen-bond donors (Lipinski definition) is 1. The SMILES string of the molecule is CC1CC(c2cccc(-n3cnc4c(C(F)(F)F)c(CN5CCCCC5)[nH]c4c3=O)c2)(c2nncn2C)C1. The zero-order valence-electron chi connectivity index (χ0n) is 21.4. The molecule has 1 N–H and O–H groups in total. The molecule has 3 aromatic heterocycles. The molecule has 0 bridgehead atoms. The second kappa shape index (κ2) is 9.07. The van der Waals surface area contributed by atoms with Gasteiger partial charge in [0, 0.05) is 19.3 Å². The van der Waals surface area contributed by atoms with E-state index in [4.69, 9.17) is 0 Å². The van der Waals surface area contributed by atoms with Gasteiger partial charge in [0.05, 0.1) is 11.1 Å². The van der Waals surface area contributed by atoms with Crippen molar-refractivity contribution in [3.05, 3.63) is 69.9 Å². The van der Waals surface area contributed by atoms with Gasteiger partial charge in [-0.1, -0.05) is 25.5 Å². The van der Waals surface area contributed by atoms with Crippen LogP contribution >= 0.6 is 0 Å². The molecule has 0 unspecified atom stereocenters. The summed E-state index contributed by atoms with van der Waals surface area (Å²) in [6, 6.07) is 7.55. The molecular weight excluding hydrogens is 495 g/mol. The molecule has 4 heterocycles. The molecule has 1 aliphatic carbocycles. The first-order chi connectivity index (χ1) is 18.2. The number of aromatic nitrogens is 6. The normalized spacial score (nSPS) is 22.6. The largest absolute Gasteiger partial charge is 0.420 e. The van der Waals surface area contributed by atoms with Crippen molar-refractivity contribution in [1.29, 1.82) is 0 Å². The molecule has 4 aromatic rings. The van der Waals surface area contributed by atoms with Crippen LogP contribution in [0.2, 0.25) is 0 Å².